The largest absolute Gasteiger partial charge is 1.00 e. The molecule has 2 aromatic carbocycles. The molecule has 0 atom stereocenters. The van der Waals surface area contributed by atoms with E-state index in [1.54, 1.807) is 35.2 Å². The molecule has 0 radical (unpaired) electrons. The molecule has 0 unspecified atom stereocenters. The summed E-state index contributed by atoms with van der Waals surface area (Å²) in [6, 6.07) is 13.7. The second-order valence-electron chi connectivity index (χ2n) is 7.23. The average molecular weight is 596 g/mol. The molecule has 0 aliphatic carbocycles. The number of nitrogens with zero attached hydrogens (tertiary/aromatic N) is 3. The number of phenolic OH excluding ortho intramolecular Hbond substituents is 1. The number of benzene rings is 2. The first-order chi connectivity index (χ1) is 15.0. The fourth-order valence-corrected chi connectivity index (χ4v) is 7.57. The van der Waals surface area contributed by atoms with Crippen LogP contribution in [0.25, 0.3) is 21.3 Å². The first kappa shape index (κ1) is 23.3. The van der Waals surface area contributed by atoms with Gasteiger partial charge in [0.05, 0.1) is 11.8 Å². The standard InChI is InChI=1S/C23H21N3O2S3.HI/c1-4-25-15-8-6-7-9-17(15)29-19(25)13-20-26(5-2)22(28)21(31-20)23-24(3)16-12-14(27)10-11-18(16)30-23;/h6-13H,4-5H2,1-3H3;1H/b23-21-;. The van der Waals surface area contributed by atoms with Crippen LogP contribution >= 0.6 is 34.4 Å². The van der Waals surface area contributed by atoms with E-state index >= 15 is 0 Å². The minimum absolute atomic E-state index is 0. The highest BCUT2D eigenvalue weighted by Crippen LogP contribution is 2.46. The molecule has 5 nitrogen and oxygen atoms in total. The van der Waals surface area contributed by atoms with Gasteiger partial charge in [-0.15, -0.1) is 11.3 Å². The highest BCUT2D eigenvalue weighted by molar-refractivity contribution is 8.08. The van der Waals surface area contributed by atoms with Crippen molar-refractivity contribution < 1.29 is 33.7 Å². The third-order valence-electron chi connectivity index (χ3n) is 5.44. The Labute approximate surface area is 215 Å². The highest BCUT2D eigenvalue weighted by atomic mass is 127. The van der Waals surface area contributed by atoms with Gasteiger partial charge in [-0.25, -0.2) is 0 Å². The summed E-state index contributed by atoms with van der Waals surface area (Å²) in [4.78, 5) is 16.4. The van der Waals surface area contributed by atoms with Crippen LogP contribution in [-0.4, -0.2) is 16.7 Å². The zero-order chi connectivity index (χ0) is 21.7. The van der Waals surface area contributed by atoms with Gasteiger partial charge >= 0.3 is 0 Å². The number of thioether (sulfide) groups is 1. The molecule has 1 aliphatic heterocycles. The van der Waals surface area contributed by atoms with Crippen LogP contribution in [0.1, 0.15) is 18.9 Å². The Hall–Kier alpha value is -1.82. The number of thiazole rings is 2. The number of hydrogen-bond acceptors (Lipinski definition) is 6. The summed E-state index contributed by atoms with van der Waals surface area (Å²) >= 11 is 4.87. The van der Waals surface area contributed by atoms with E-state index in [1.807, 2.05) is 29.5 Å². The zero-order valence-electron chi connectivity index (χ0n) is 17.8. The number of phenols is 1. The van der Waals surface area contributed by atoms with Crippen molar-refractivity contribution >= 4 is 61.4 Å². The van der Waals surface area contributed by atoms with Gasteiger partial charge in [0.1, 0.15) is 31.2 Å². The van der Waals surface area contributed by atoms with Crippen LogP contribution < -0.4 is 48.2 Å². The monoisotopic (exact) mass is 595 g/mol. The van der Waals surface area contributed by atoms with E-state index in [2.05, 4.69) is 41.8 Å². The van der Waals surface area contributed by atoms with E-state index < -0.39 is 0 Å². The number of aromatic nitrogens is 2. The molecule has 1 aliphatic rings. The average Bonchev–Trinajstić information content (AvgIpc) is 3.39. The maximum Gasteiger partial charge on any atom is 0.271 e. The number of halogens is 1. The summed E-state index contributed by atoms with van der Waals surface area (Å²) in [7, 11) is 1.95. The molecule has 0 saturated heterocycles. The number of aromatic hydroxyl groups is 1. The normalized spacial score (nSPS) is 15.3. The lowest BCUT2D eigenvalue weighted by molar-refractivity contribution is -0.665. The van der Waals surface area contributed by atoms with Crippen LogP contribution in [0.3, 0.4) is 0 Å². The van der Waals surface area contributed by atoms with Crippen molar-refractivity contribution in [2.24, 2.45) is 0 Å². The van der Waals surface area contributed by atoms with Crippen molar-refractivity contribution in [2.45, 2.75) is 31.8 Å². The Morgan fingerprint density at radius 3 is 2.66 bits per heavy atom. The smallest absolute Gasteiger partial charge is 0.271 e. The minimum Gasteiger partial charge on any atom is -1.00 e. The zero-order valence-corrected chi connectivity index (χ0v) is 22.4. The number of aryl methyl sites for hydroxylation is 1. The third kappa shape index (κ3) is 3.78. The molecule has 0 fully saturated rings. The molecule has 0 spiro atoms. The molecule has 0 amide bonds. The van der Waals surface area contributed by atoms with Gasteiger partial charge < -0.3 is 34.0 Å². The summed E-state index contributed by atoms with van der Waals surface area (Å²) < 4.78 is 7.09. The minimum atomic E-state index is 0. The highest BCUT2D eigenvalue weighted by Gasteiger charge is 2.25. The van der Waals surface area contributed by atoms with Gasteiger partial charge in [-0.3, -0.25) is 9.36 Å². The van der Waals surface area contributed by atoms with Crippen molar-refractivity contribution in [2.75, 3.05) is 11.9 Å². The van der Waals surface area contributed by atoms with Gasteiger partial charge in [0.25, 0.3) is 10.6 Å². The van der Waals surface area contributed by atoms with E-state index in [-0.39, 0.29) is 35.3 Å². The summed E-state index contributed by atoms with van der Waals surface area (Å²) in [6.45, 7) is 5.65. The van der Waals surface area contributed by atoms with E-state index in [4.69, 9.17) is 0 Å². The summed E-state index contributed by atoms with van der Waals surface area (Å²) in [5, 5.41) is 11.9. The second-order valence-corrected chi connectivity index (χ2v) is 10.4. The van der Waals surface area contributed by atoms with Crippen LogP contribution in [-0.2, 0) is 13.1 Å². The van der Waals surface area contributed by atoms with Crippen molar-refractivity contribution in [3.05, 3.63) is 67.0 Å². The quantitative estimate of drug-likeness (QED) is 0.274. The molecule has 166 valence electrons. The van der Waals surface area contributed by atoms with Crippen LogP contribution in [0.15, 0.2) is 52.2 Å². The molecule has 2 aromatic heterocycles. The first-order valence-electron chi connectivity index (χ1n) is 10.1. The van der Waals surface area contributed by atoms with Crippen LogP contribution in [0, 0.1) is 0 Å². The van der Waals surface area contributed by atoms with Gasteiger partial charge in [0.15, 0.2) is 0 Å². The summed E-state index contributed by atoms with van der Waals surface area (Å²) in [5.41, 5.74) is 2.18. The van der Waals surface area contributed by atoms with Gasteiger partial charge in [0.2, 0.25) is 5.52 Å². The molecule has 1 N–H and O–H groups in total. The Kier molecular flexibility index (Phi) is 6.71. The first-order valence-corrected chi connectivity index (χ1v) is 12.6. The fraction of sp³-hybridized carbons (Fsp3) is 0.217. The number of hydrogen-bond donors (Lipinski definition) is 1. The Balaban J connectivity index is 0.00000245. The van der Waals surface area contributed by atoms with Crippen molar-refractivity contribution in [1.29, 1.82) is 0 Å². The molecule has 5 rings (SSSR count). The molecule has 4 aromatic rings. The number of fused-ring (bicyclic) bond motifs is 2. The lowest BCUT2D eigenvalue weighted by Gasteiger charge is -2.12. The second kappa shape index (κ2) is 9.20. The maximum atomic E-state index is 13.3. The lowest BCUT2D eigenvalue weighted by Crippen LogP contribution is -3.00. The SMILES string of the molecule is CCn1c(=Cc2sc3ccccc3[n+]2CC)s/c(=C2\Sc3ccc(O)cc3N2C)c1=O.[I-]. The maximum absolute atomic E-state index is 13.3. The van der Waals surface area contributed by atoms with Gasteiger partial charge in [0, 0.05) is 30.6 Å². The predicted molar refractivity (Wildman–Crippen MR) is 131 cm³/mol. The molecular weight excluding hydrogens is 573 g/mol. The fourth-order valence-electron chi connectivity index (χ4n) is 3.89. The number of anilines is 1. The van der Waals surface area contributed by atoms with Crippen molar-refractivity contribution in [3.63, 3.8) is 0 Å². The molecule has 32 heavy (non-hydrogen) atoms. The van der Waals surface area contributed by atoms with Gasteiger partial charge in [-0.05, 0) is 32.0 Å². The van der Waals surface area contributed by atoms with E-state index in [1.165, 1.54) is 21.6 Å². The van der Waals surface area contributed by atoms with Gasteiger partial charge in [-0.1, -0.05) is 35.2 Å². The number of rotatable bonds is 3. The Bertz CT molecular complexity index is 1500. The Morgan fingerprint density at radius 2 is 1.91 bits per heavy atom. The third-order valence-corrected chi connectivity index (χ3v) is 9.04. The predicted octanol–water partition coefficient (Wildman–Crippen LogP) is 0.298. The van der Waals surface area contributed by atoms with Gasteiger partial charge in [-0.2, -0.15) is 4.57 Å². The lowest BCUT2D eigenvalue weighted by atomic mass is 10.3. The Morgan fingerprint density at radius 1 is 1.12 bits per heavy atom. The molecule has 0 saturated carbocycles. The topological polar surface area (TPSA) is 49.4 Å². The van der Waals surface area contributed by atoms with Crippen molar-refractivity contribution in [3.8, 4) is 5.75 Å². The molecule has 3 heterocycles. The van der Waals surface area contributed by atoms with E-state index in [0.29, 0.717) is 6.54 Å². The molecule has 9 heteroatoms. The van der Waals surface area contributed by atoms with E-state index in [9.17, 15) is 9.90 Å². The van der Waals surface area contributed by atoms with Crippen LogP contribution in [0.4, 0.5) is 5.69 Å². The molecular formula is C23H22IN3O2S3. The van der Waals surface area contributed by atoms with Crippen LogP contribution in [0.5, 0.6) is 5.75 Å². The molecule has 0 bridgehead atoms. The summed E-state index contributed by atoms with van der Waals surface area (Å²) in [6.07, 6.45) is 2.15. The van der Waals surface area contributed by atoms with Crippen LogP contribution in [0.2, 0.25) is 0 Å². The van der Waals surface area contributed by atoms with E-state index in [0.717, 1.165) is 36.4 Å². The van der Waals surface area contributed by atoms with Crippen molar-refractivity contribution in [1.82, 2.24) is 4.57 Å². The number of para-hydroxylation sites is 1. The summed E-state index contributed by atoms with van der Waals surface area (Å²) in [5.74, 6) is 0.229.